The summed E-state index contributed by atoms with van der Waals surface area (Å²) in [5.74, 6) is 0. The van der Waals surface area contributed by atoms with Gasteiger partial charge in [0, 0.05) is 0 Å². The molecule has 0 unspecified atom stereocenters. The lowest BCUT2D eigenvalue weighted by Crippen LogP contribution is -2.21. The second-order valence-electron chi connectivity index (χ2n) is 4.46. The first-order chi connectivity index (χ1) is 9.47. The van der Waals surface area contributed by atoms with Crippen molar-refractivity contribution in [2.24, 2.45) is 0 Å². The van der Waals surface area contributed by atoms with Gasteiger partial charge in [0.05, 0.1) is 13.2 Å². The minimum atomic E-state index is -3.75. The fraction of sp³-hybridized carbons (Fsp3) is 1.00. The predicted octanol–water partition coefficient (Wildman–Crippen LogP) is 4.07. The number of hydrogen-bond acceptors (Lipinski definition) is 4. The molecule has 0 amide bonds. The molecule has 0 saturated carbocycles. The predicted molar refractivity (Wildman–Crippen MR) is 85.0 cm³/mol. The molecule has 6 heteroatoms. The van der Waals surface area contributed by atoms with Gasteiger partial charge in [0.15, 0.2) is 0 Å². The van der Waals surface area contributed by atoms with E-state index in [9.17, 15) is 4.57 Å². The molecular weight excluding hydrogens is 277 g/mol. The minimum absolute atomic E-state index is 0.288. The highest BCUT2D eigenvalue weighted by atomic mass is 31.2. The number of rotatable bonds is 11. The zero-order chi connectivity index (χ0) is 15.9. The van der Waals surface area contributed by atoms with Gasteiger partial charge in [0.2, 0.25) is 0 Å². The lowest BCUT2D eigenvalue weighted by Gasteiger charge is -2.13. The van der Waals surface area contributed by atoms with Crippen LogP contribution in [-0.4, -0.2) is 42.6 Å². The van der Waals surface area contributed by atoms with Crippen molar-refractivity contribution in [3.05, 3.63) is 0 Å². The molecule has 0 heterocycles. The largest absolute Gasteiger partial charge is 0.472 e. The first-order valence-electron chi connectivity index (χ1n) is 7.81. The van der Waals surface area contributed by atoms with E-state index < -0.39 is 7.82 Å². The smallest absolute Gasteiger partial charge is 0.304 e. The number of unbranched alkanes of at least 4 members (excludes halogenated alkanes) is 2. The molecule has 5 nitrogen and oxygen atoms in total. The molecule has 0 aromatic carbocycles. The summed E-state index contributed by atoms with van der Waals surface area (Å²) >= 11 is 0. The van der Waals surface area contributed by atoms with Crippen molar-refractivity contribution in [3.63, 3.8) is 0 Å². The van der Waals surface area contributed by atoms with Crippen LogP contribution in [0.15, 0.2) is 0 Å². The third kappa shape index (κ3) is 16.1. The van der Waals surface area contributed by atoms with Gasteiger partial charge < -0.3 is 9.79 Å². The molecule has 1 N–H and O–H groups in total. The van der Waals surface area contributed by atoms with Crippen LogP contribution in [-0.2, 0) is 13.6 Å². The van der Waals surface area contributed by atoms with Crippen molar-refractivity contribution in [1.29, 1.82) is 0 Å². The van der Waals surface area contributed by atoms with E-state index in [1.54, 1.807) is 0 Å². The standard InChI is InChI=1S/C8H19O4P.C6H15N/c1-3-5-7-11-13(9,10)12-8-6-4-2;1-4-7(5-2)6-3/h3-8H2,1-2H3,(H,9,10);4-6H2,1-3H3. The lowest BCUT2D eigenvalue weighted by molar-refractivity contribution is 0.146. The summed E-state index contributed by atoms with van der Waals surface area (Å²) in [5, 5.41) is 0. The van der Waals surface area contributed by atoms with Gasteiger partial charge in [-0.2, -0.15) is 0 Å². The normalized spacial score (nSPS) is 11.3. The van der Waals surface area contributed by atoms with Crippen LogP contribution in [0.4, 0.5) is 0 Å². The molecule has 0 aliphatic carbocycles. The fourth-order valence-corrected chi connectivity index (χ4v) is 2.15. The molecule has 0 spiro atoms. The van der Waals surface area contributed by atoms with Gasteiger partial charge in [-0.1, -0.05) is 47.5 Å². The Balaban J connectivity index is 0. The molecule has 0 bridgehead atoms. The molecule has 0 aliphatic rings. The molecule has 0 aromatic rings. The van der Waals surface area contributed by atoms with E-state index in [0.717, 1.165) is 25.7 Å². The van der Waals surface area contributed by atoms with Crippen LogP contribution in [0.1, 0.15) is 60.3 Å². The molecular formula is C14H34NO4P. The minimum Gasteiger partial charge on any atom is -0.304 e. The van der Waals surface area contributed by atoms with Gasteiger partial charge in [-0.3, -0.25) is 9.05 Å². The zero-order valence-corrected chi connectivity index (χ0v) is 14.8. The van der Waals surface area contributed by atoms with Crippen LogP contribution in [0.3, 0.4) is 0 Å². The molecule has 20 heavy (non-hydrogen) atoms. The Morgan fingerprint density at radius 2 is 1.20 bits per heavy atom. The van der Waals surface area contributed by atoms with E-state index in [0.29, 0.717) is 0 Å². The van der Waals surface area contributed by atoms with E-state index in [2.05, 4.69) is 25.7 Å². The van der Waals surface area contributed by atoms with Gasteiger partial charge in [0.25, 0.3) is 0 Å². The SMILES string of the molecule is CCCCOP(=O)(O)OCCCC.CCN(CC)CC. The van der Waals surface area contributed by atoms with Crippen molar-refractivity contribution >= 4 is 7.82 Å². The van der Waals surface area contributed by atoms with Crippen LogP contribution < -0.4 is 0 Å². The Kier molecular flexibility index (Phi) is 17.3. The number of nitrogens with zero attached hydrogens (tertiary/aromatic N) is 1. The molecule has 0 atom stereocenters. The van der Waals surface area contributed by atoms with E-state index in [1.807, 2.05) is 13.8 Å². The molecule has 124 valence electrons. The van der Waals surface area contributed by atoms with Gasteiger partial charge in [0.1, 0.15) is 0 Å². The molecule has 0 radical (unpaired) electrons. The van der Waals surface area contributed by atoms with Crippen LogP contribution in [0.25, 0.3) is 0 Å². The average molecular weight is 311 g/mol. The quantitative estimate of drug-likeness (QED) is 0.460. The van der Waals surface area contributed by atoms with Gasteiger partial charge in [-0.15, -0.1) is 0 Å². The monoisotopic (exact) mass is 311 g/mol. The first kappa shape index (κ1) is 22.4. The van der Waals surface area contributed by atoms with Gasteiger partial charge >= 0.3 is 7.82 Å². The topological polar surface area (TPSA) is 59.0 Å². The zero-order valence-electron chi connectivity index (χ0n) is 13.9. The van der Waals surface area contributed by atoms with Crippen molar-refractivity contribution in [2.75, 3.05) is 32.8 Å². The molecule has 0 rings (SSSR count). The van der Waals surface area contributed by atoms with E-state index in [-0.39, 0.29) is 13.2 Å². The Morgan fingerprint density at radius 3 is 1.40 bits per heavy atom. The van der Waals surface area contributed by atoms with E-state index >= 15 is 0 Å². The Labute approximate surface area is 125 Å². The molecule has 0 aromatic heterocycles. The highest BCUT2D eigenvalue weighted by Crippen LogP contribution is 2.43. The van der Waals surface area contributed by atoms with Crippen LogP contribution >= 0.6 is 7.82 Å². The van der Waals surface area contributed by atoms with Crippen LogP contribution in [0.2, 0.25) is 0 Å². The lowest BCUT2D eigenvalue weighted by atomic mass is 10.4. The van der Waals surface area contributed by atoms with Crippen LogP contribution in [0, 0.1) is 0 Å². The average Bonchev–Trinajstić information content (AvgIpc) is 2.42. The van der Waals surface area contributed by atoms with Crippen molar-refractivity contribution in [2.45, 2.75) is 60.3 Å². The summed E-state index contributed by atoms with van der Waals surface area (Å²) in [6.45, 7) is 14.7. The maximum atomic E-state index is 11.1. The van der Waals surface area contributed by atoms with Crippen molar-refractivity contribution < 1.29 is 18.5 Å². The molecule has 0 saturated heterocycles. The summed E-state index contributed by atoms with van der Waals surface area (Å²) in [7, 11) is -3.75. The highest BCUT2D eigenvalue weighted by molar-refractivity contribution is 7.47. The summed E-state index contributed by atoms with van der Waals surface area (Å²) in [6.07, 6.45) is 3.44. The summed E-state index contributed by atoms with van der Waals surface area (Å²) < 4.78 is 20.5. The first-order valence-corrected chi connectivity index (χ1v) is 9.30. The Bertz CT molecular complexity index is 216. The second kappa shape index (κ2) is 15.5. The highest BCUT2D eigenvalue weighted by Gasteiger charge is 2.19. The Morgan fingerprint density at radius 1 is 0.850 bits per heavy atom. The van der Waals surface area contributed by atoms with Crippen LogP contribution in [0.5, 0.6) is 0 Å². The third-order valence-corrected chi connectivity index (χ3v) is 3.86. The number of phosphoric acid groups is 1. The summed E-state index contributed by atoms with van der Waals surface area (Å²) in [5.41, 5.74) is 0. The maximum Gasteiger partial charge on any atom is 0.472 e. The second-order valence-corrected chi connectivity index (χ2v) is 5.92. The number of phosphoric ester groups is 1. The fourth-order valence-electron chi connectivity index (χ4n) is 1.36. The molecule has 0 fully saturated rings. The van der Waals surface area contributed by atoms with Crippen molar-refractivity contribution in [3.8, 4) is 0 Å². The number of hydrogen-bond donors (Lipinski definition) is 1. The Hall–Kier alpha value is 0.0700. The molecule has 0 aliphatic heterocycles. The van der Waals surface area contributed by atoms with E-state index in [4.69, 9.17) is 13.9 Å². The summed E-state index contributed by atoms with van der Waals surface area (Å²) in [6, 6.07) is 0. The maximum absolute atomic E-state index is 11.1. The van der Waals surface area contributed by atoms with Gasteiger partial charge in [-0.05, 0) is 32.5 Å². The summed E-state index contributed by atoms with van der Waals surface area (Å²) in [4.78, 5) is 11.5. The van der Waals surface area contributed by atoms with Gasteiger partial charge in [-0.25, -0.2) is 4.57 Å². The van der Waals surface area contributed by atoms with E-state index in [1.165, 1.54) is 19.6 Å². The van der Waals surface area contributed by atoms with Crippen molar-refractivity contribution in [1.82, 2.24) is 4.90 Å². The third-order valence-electron chi connectivity index (χ3n) is 2.85.